The van der Waals surface area contributed by atoms with Gasteiger partial charge in [-0.25, -0.2) is 8.42 Å². The zero-order chi connectivity index (χ0) is 26.2. The van der Waals surface area contributed by atoms with Crippen molar-refractivity contribution in [1.82, 2.24) is 9.47 Å². The van der Waals surface area contributed by atoms with Crippen molar-refractivity contribution in [3.05, 3.63) is 94.1 Å². The van der Waals surface area contributed by atoms with Crippen LogP contribution < -0.4 is 4.90 Å². The SMILES string of the molecule is O=C(Cn1cc(S(=O)(=O)c2ccc(Cl)cc2)c2ccccc21)N1CCN(c2ccc([N+](=O)[O-])cc2)CC1. The van der Waals surface area contributed by atoms with E-state index in [0.717, 1.165) is 5.69 Å². The van der Waals surface area contributed by atoms with E-state index in [-0.39, 0.29) is 27.9 Å². The van der Waals surface area contributed by atoms with Gasteiger partial charge < -0.3 is 14.4 Å². The maximum Gasteiger partial charge on any atom is 0.269 e. The highest BCUT2D eigenvalue weighted by atomic mass is 35.5. The molecule has 3 aromatic carbocycles. The number of nitro benzene ring substituents is 1. The molecule has 0 bridgehead atoms. The molecule has 1 amide bonds. The van der Waals surface area contributed by atoms with E-state index in [1.807, 2.05) is 6.07 Å². The van der Waals surface area contributed by atoms with Gasteiger partial charge in [0, 0.05) is 66.1 Å². The lowest BCUT2D eigenvalue weighted by molar-refractivity contribution is -0.384. The smallest absolute Gasteiger partial charge is 0.269 e. The molecule has 0 atom stereocenters. The van der Waals surface area contributed by atoms with Crippen molar-refractivity contribution >= 4 is 49.6 Å². The number of fused-ring (bicyclic) bond motifs is 1. The predicted octanol–water partition coefficient (Wildman–Crippen LogP) is 4.38. The van der Waals surface area contributed by atoms with Crippen LogP contribution in [0.15, 0.2) is 88.8 Å². The minimum absolute atomic E-state index is 0.00812. The Kier molecular flexibility index (Phi) is 6.61. The van der Waals surface area contributed by atoms with E-state index in [1.165, 1.54) is 42.6 Å². The summed E-state index contributed by atoms with van der Waals surface area (Å²) >= 11 is 5.93. The van der Waals surface area contributed by atoms with E-state index in [9.17, 15) is 23.3 Å². The van der Waals surface area contributed by atoms with Crippen molar-refractivity contribution in [2.45, 2.75) is 16.3 Å². The third-order valence-electron chi connectivity index (χ3n) is 6.53. The van der Waals surface area contributed by atoms with E-state index in [0.29, 0.717) is 42.1 Å². The Labute approximate surface area is 218 Å². The summed E-state index contributed by atoms with van der Waals surface area (Å²) < 4.78 is 28.5. The largest absolute Gasteiger partial charge is 0.368 e. The molecule has 1 saturated heterocycles. The lowest BCUT2D eigenvalue weighted by Crippen LogP contribution is -2.49. The molecule has 2 heterocycles. The number of carbonyl (C=O) groups is 1. The van der Waals surface area contributed by atoms with Crippen molar-refractivity contribution in [3.8, 4) is 0 Å². The Bertz CT molecular complexity index is 1580. The van der Waals surface area contributed by atoms with Crippen LogP contribution >= 0.6 is 11.6 Å². The van der Waals surface area contributed by atoms with Crippen LogP contribution in [0.25, 0.3) is 10.9 Å². The Morgan fingerprint density at radius 1 is 0.919 bits per heavy atom. The number of carbonyl (C=O) groups excluding carboxylic acids is 1. The summed E-state index contributed by atoms with van der Waals surface area (Å²) in [4.78, 5) is 27.7. The molecule has 0 unspecified atom stereocenters. The number of aromatic nitrogens is 1. The number of hydrogen-bond donors (Lipinski definition) is 0. The van der Waals surface area contributed by atoms with E-state index in [2.05, 4.69) is 4.90 Å². The Hall–Kier alpha value is -3.89. The number of benzene rings is 3. The molecule has 1 aliphatic rings. The van der Waals surface area contributed by atoms with Crippen LogP contribution in [0.2, 0.25) is 5.02 Å². The van der Waals surface area contributed by atoms with Crippen LogP contribution in [0.1, 0.15) is 0 Å². The second-order valence-corrected chi connectivity index (χ2v) is 11.1. The van der Waals surface area contributed by atoms with Gasteiger partial charge in [0.1, 0.15) is 6.54 Å². The molecule has 1 aliphatic heterocycles. The first-order valence-electron chi connectivity index (χ1n) is 11.6. The Balaban J connectivity index is 1.33. The third-order valence-corrected chi connectivity index (χ3v) is 8.58. The predicted molar refractivity (Wildman–Crippen MR) is 141 cm³/mol. The highest BCUT2D eigenvalue weighted by molar-refractivity contribution is 7.91. The summed E-state index contributed by atoms with van der Waals surface area (Å²) in [5, 5.41) is 11.9. The first-order chi connectivity index (χ1) is 17.7. The Morgan fingerprint density at radius 2 is 1.57 bits per heavy atom. The summed E-state index contributed by atoms with van der Waals surface area (Å²) in [6.07, 6.45) is 1.53. The first-order valence-corrected chi connectivity index (χ1v) is 13.5. The fraction of sp³-hybridized carbons (Fsp3) is 0.192. The second kappa shape index (κ2) is 9.87. The third kappa shape index (κ3) is 4.90. The van der Waals surface area contributed by atoms with Gasteiger partial charge in [0.2, 0.25) is 15.7 Å². The molecule has 5 rings (SSSR count). The monoisotopic (exact) mass is 538 g/mol. The number of sulfone groups is 1. The molecule has 0 aliphatic carbocycles. The molecule has 37 heavy (non-hydrogen) atoms. The van der Waals surface area contributed by atoms with Crippen molar-refractivity contribution in [3.63, 3.8) is 0 Å². The van der Waals surface area contributed by atoms with Crippen molar-refractivity contribution in [2.75, 3.05) is 31.1 Å². The fourth-order valence-electron chi connectivity index (χ4n) is 4.54. The average molecular weight is 539 g/mol. The number of non-ortho nitro benzene ring substituents is 1. The lowest BCUT2D eigenvalue weighted by Gasteiger charge is -2.36. The summed E-state index contributed by atoms with van der Waals surface area (Å²) in [5.74, 6) is -0.112. The number of para-hydroxylation sites is 1. The normalized spacial score (nSPS) is 14.2. The van der Waals surface area contributed by atoms with E-state index in [1.54, 1.807) is 39.8 Å². The maximum absolute atomic E-state index is 13.4. The average Bonchev–Trinajstić information content (AvgIpc) is 3.28. The fourth-order valence-corrected chi connectivity index (χ4v) is 6.15. The van der Waals surface area contributed by atoms with Gasteiger partial charge in [0.25, 0.3) is 5.69 Å². The molecule has 0 spiro atoms. The topological polar surface area (TPSA) is 106 Å². The Morgan fingerprint density at radius 3 is 2.22 bits per heavy atom. The van der Waals surface area contributed by atoms with Crippen LogP contribution in [0.5, 0.6) is 0 Å². The van der Waals surface area contributed by atoms with Crippen molar-refractivity contribution in [2.24, 2.45) is 0 Å². The van der Waals surface area contributed by atoms with Gasteiger partial charge in [-0.15, -0.1) is 0 Å². The summed E-state index contributed by atoms with van der Waals surface area (Å²) in [6, 6.07) is 19.5. The molecule has 0 N–H and O–H groups in total. The number of rotatable bonds is 6. The molecule has 9 nitrogen and oxygen atoms in total. The molecule has 0 radical (unpaired) electrons. The van der Waals surface area contributed by atoms with Gasteiger partial charge in [-0.1, -0.05) is 29.8 Å². The summed E-state index contributed by atoms with van der Waals surface area (Å²) in [7, 11) is -3.82. The van der Waals surface area contributed by atoms with Crippen LogP contribution in [-0.2, 0) is 21.2 Å². The minimum atomic E-state index is -3.82. The van der Waals surface area contributed by atoms with E-state index in [4.69, 9.17) is 11.6 Å². The van der Waals surface area contributed by atoms with Crippen LogP contribution in [0.3, 0.4) is 0 Å². The number of hydrogen-bond acceptors (Lipinski definition) is 6. The molecule has 1 fully saturated rings. The zero-order valence-corrected chi connectivity index (χ0v) is 21.2. The van der Waals surface area contributed by atoms with Crippen LogP contribution in [-0.4, -0.2) is 54.9 Å². The first kappa shape index (κ1) is 24.8. The van der Waals surface area contributed by atoms with E-state index < -0.39 is 14.8 Å². The number of piperazine rings is 1. The zero-order valence-electron chi connectivity index (χ0n) is 19.7. The summed E-state index contributed by atoms with van der Waals surface area (Å²) in [6.45, 7) is 2.17. The van der Waals surface area contributed by atoms with Crippen LogP contribution in [0.4, 0.5) is 11.4 Å². The molecule has 1 aromatic heterocycles. The van der Waals surface area contributed by atoms with Crippen molar-refractivity contribution in [1.29, 1.82) is 0 Å². The second-order valence-electron chi connectivity index (χ2n) is 8.74. The molecular formula is C26H23ClN4O5S. The molecule has 190 valence electrons. The van der Waals surface area contributed by atoms with E-state index >= 15 is 0 Å². The van der Waals surface area contributed by atoms with Gasteiger partial charge in [-0.05, 0) is 42.5 Å². The quantitative estimate of drug-likeness (QED) is 0.266. The van der Waals surface area contributed by atoms with Gasteiger partial charge in [-0.3, -0.25) is 14.9 Å². The van der Waals surface area contributed by atoms with Crippen molar-refractivity contribution < 1.29 is 18.1 Å². The number of halogens is 1. The molecule has 0 saturated carbocycles. The number of nitro groups is 1. The summed E-state index contributed by atoms with van der Waals surface area (Å²) in [5.41, 5.74) is 1.56. The van der Waals surface area contributed by atoms with Gasteiger partial charge in [-0.2, -0.15) is 0 Å². The number of nitrogens with zero attached hydrogens (tertiary/aromatic N) is 4. The highest BCUT2D eigenvalue weighted by Gasteiger charge is 2.26. The van der Waals surface area contributed by atoms with Crippen LogP contribution in [0, 0.1) is 10.1 Å². The maximum atomic E-state index is 13.4. The minimum Gasteiger partial charge on any atom is -0.368 e. The molecule has 4 aromatic rings. The lowest BCUT2D eigenvalue weighted by atomic mass is 10.2. The molecule has 11 heteroatoms. The number of amides is 1. The number of anilines is 1. The molecular weight excluding hydrogens is 516 g/mol. The standard InChI is InChI=1S/C26H23ClN4O5S/c27-19-5-11-22(12-6-19)37(35,36)25-17-30(24-4-2-1-3-23(24)25)18-26(32)29-15-13-28(14-16-29)20-7-9-21(10-8-20)31(33)34/h1-12,17H,13-16,18H2. The van der Waals surface area contributed by atoms with Gasteiger partial charge >= 0.3 is 0 Å². The highest BCUT2D eigenvalue weighted by Crippen LogP contribution is 2.31. The van der Waals surface area contributed by atoms with Gasteiger partial charge in [0.15, 0.2) is 0 Å². The van der Waals surface area contributed by atoms with Gasteiger partial charge in [0.05, 0.1) is 14.7 Å².